The highest BCUT2D eigenvalue weighted by Crippen LogP contribution is 2.19. The number of hydrogen-bond acceptors (Lipinski definition) is 6. The van der Waals surface area contributed by atoms with Gasteiger partial charge in [0.15, 0.2) is 0 Å². The van der Waals surface area contributed by atoms with Gasteiger partial charge in [-0.05, 0) is 31.0 Å². The predicted molar refractivity (Wildman–Crippen MR) is 84.7 cm³/mol. The summed E-state index contributed by atoms with van der Waals surface area (Å²) in [6.45, 7) is 2.88. The van der Waals surface area contributed by atoms with Gasteiger partial charge in [-0.15, -0.1) is 0 Å². The number of hydrogen-bond donors (Lipinski definition) is 2. The molecule has 0 aliphatic carbocycles. The molecule has 1 aliphatic heterocycles. The average Bonchev–Trinajstić information content (AvgIpc) is 2.95. The fraction of sp³-hybridized carbons (Fsp3) is 0.375. The number of nitrogens with zero attached hydrogens (tertiary/aromatic N) is 3. The van der Waals surface area contributed by atoms with Crippen LogP contribution in [0.1, 0.15) is 21.6 Å². The van der Waals surface area contributed by atoms with E-state index < -0.39 is 0 Å². The monoisotopic (exact) mass is 313 g/mol. The first-order chi connectivity index (χ1) is 11.1. The van der Waals surface area contributed by atoms with Crippen molar-refractivity contribution in [2.24, 2.45) is 5.92 Å². The average molecular weight is 313 g/mol. The van der Waals surface area contributed by atoms with Gasteiger partial charge in [-0.25, -0.2) is 9.97 Å². The second-order valence-electron chi connectivity index (χ2n) is 5.66. The second-order valence-corrected chi connectivity index (χ2v) is 5.66. The lowest BCUT2D eigenvalue weighted by atomic mass is 9.95. The van der Waals surface area contributed by atoms with E-state index in [1.807, 2.05) is 12.1 Å². The zero-order valence-corrected chi connectivity index (χ0v) is 12.9. The van der Waals surface area contributed by atoms with Crippen molar-refractivity contribution in [3.05, 3.63) is 47.5 Å². The first-order valence-electron chi connectivity index (χ1n) is 7.50. The van der Waals surface area contributed by atoms with Crippen LogP contribution in [0.25, 0.3) is 0 Å². The molecule has 1 aliphatic rings. The maximum Gasteiger partial charge on any atom is 0.255 e. The smallest absolute Gasteiger partial charge is 0.255 e. The number of aromatic nitrogens is 3. The molecule has 7 heteroatoms. The van der Waals surface area contributed by atoms with Gasteiger partial charge in [0.1, 0.15) is 0 Å². The number of nitrogens with two attached hydrogens (primary N) is 1. The number of nitrogens with one attached hydrogen (secondary N) is 1. The van der Waals surface area contributed by atoms with Crippen molar-refractivity contribution in [2.45, 2.75) is 19.4 Å². The number of ether oxygens (including phenoxy) is 1. The summed E-state index contributed by atoms with van der Waals surface area (Å²) in [6.07, 6.45) is 5.84. The van der Waals surface area contributed by atoms with Gasteiger partial charge in [0, 0.05) is 24.5 Å². The standard InChI is InChI=1S/C16H19N5O2/c1-10-13(7-19-16(17)20-10)15(22)21-14-9-23-8-12(14)6-11-2-4-18-5-3-11/h2-5,7,12,14H,6,8-9H2,1H3,(H,21,22)(H2,17,19,20)/t12-,14+/m1/s1. The van der Waals surface area contributed by atoms with Crippen molar-refractivity contribution >= 4 is 11.9 Å². The van der Waals surface area contributed by atoms with E-state index in [4.69, 9.17) is 10.5 Å². The summed E-state index contributed by atoms with van der Waals surface area (Å²) >= 11 is 0. The Balaban J connectivity index is 1.67. The number of aryl methyl sites for hydroxylation is 1. The topological polar surface area (TPSA) is 103 Å². The number of carbonyl (C=O) groups excluding carboxylic acids is 1. The molecule has 7 nitrogen and oxygen atoms in total. The lowest BCUT2D eigenvalue weighted by Gasteiger charge is -2.19. The van der Waals surface area contributed by atoms with Crippen LogP contribution in [0.5, 0.6) is 0 Å². The molecule has 1 amide bonds. The highest BCUT2D eigenvalue weighted by molar-refractivity contribution is 5.95. The van der Waals surface area contributed by atoms with E-state index in [1.165, 1.54) is 11.8 Å². The SMILES string of the molecule is Cc1nc(N)ncc1C(=O)N[C@H]1COC[C@H]1Cc1ccncc1. The molecule has 1 saturated heterocycles. The van der Waals surface area contributed by atoms with E-state index in [1.54, 1.807) is 19.3 Å². The molecular formula is C16H19N5O2. The predicted octanol–water partition coefficient (Wildman–Crippen LogP) is 0.750. The number of anilines is 1. The van der Waals surface area contributed by atoms with Crippen LogP contribution in [-0.4, -0.2) is 40.1 Å². The summed E-state index contributed by atoms with van der Waals surface area (Å²) in [5.74, 6) is 0.202. The summed E-state index contributed by atoms with van der Waals surface area (Å²) in [6, 6.07) is 3.93. The van der Waals surface area contributed by atoms with Crippen LogP contribution in [0, 0.1) is 12.8 Å². The van der Waals surface area contributed by atoms with E-state index >= 15 is 0 Å². The maximum absolute atomic E-state index is 12.4. The molecule has 0 spiro atoms. The molecule has 0 radical (unpaired) electrons. The van der Waals surface area contributed by atoms with Crippen molar-refractivity contribution in [3.63, 3.8) is 0 Å². The van der Waals surface area contributed by atoms with Crippen LogP contribution in [0.4, 0.5) is 5.95 Å². The fourth-order valence-corrected chi connectivity index (χ4v) is 2.74. The summed E-state index contributed by atoms with van der Waals surface area (Å²) in [5, 5.41) is 3.03. The van der Waals surface area contributed by atoms with Gasteiger partial charge in [0.05, 0.1) is 30.5 Å². The van der Waals surface area contributed by atoms with Gasteiger partial charge in [0.25, 0.3) is 5.91 Å². The number of nitrogen functional groups attached to an aromatic ring is 1. The Morgan fingerprint density at radius 2 is 2.17 bits per heavy atom. The molecule has 23 heavy (non-hydrogen) atoms. The summed E-state index contributed by atoms with van der Waals surface area (Å²) < 4.78 is 5.55. The molecule has 3 rings (SSSR count). The van der Waals surface area contributed by atoms with Crippen LogP contribution >= 0.6 is 0 Å². The van der Waals surface area contributed by atoms with E-state index in [0.29, 0.717) is 24.5 Å². The van der Waals surface area contributed by atoms with E-state index in [0.717, 1.165) is 6.42 Å². The largest absolute Gasteiger partial charge is 0.379 e. The lowest BCUT2D eigenvalue weighted by molar-refractivity contribution is 0.0923. The van der Waals surface area contributed by atoms with E-state index in [9.17, 15) is 4.79 Å². The van der Waals surface area contributed by atoms with Crippen molar-refractivity contribution < 1.29 is 9.53 Å². The Morgan fingerprint density at radius 3 is 2.91 bits per heavy atom. The van der Waals surface area contributed by atoms with E-state index in [-0.39, 0.29) is 23.8 Å². The van der Waals surface area contributed by atoms with Crippen LogP contribution in [0.2, 0.25) is 0 Å². The Labute approximate surface area is 134 Å². The molecule has 3 N–H and O–H groups in total. The third-order valence-corrected chi connectivity index (χ3v) is 4.00. The maximum atomic E-state index is 12.4. The van der Waals surface area contributed by atoms with Gasteiger partial charge >= 0.3 is 0 Å². The second kappa shape index (κ2) is 6.70. The normalized spacial score (nSPS) is 20.4. The Hall–Kier alpha value is -2.54. The van der Waals surface area contributed by atoms with Crippen LogP contribution in [0.3, 0.4) is 0 Å². The molecule has 0 bridgehead atoms. The molecule has 0 aromatic carbocycles. The van der Waals surface area contributed by atoms with Gasteiger partial charge in [-0.2, -0.15) is 0 Å². The van der Waals surface area contributed by atoms with Gasteiger partial charge in [0.2, 0.25) is 5.95 Å². The van der Waals surface area contributed by atoms with Crippen molar-refractivity contribution in [2.75, 3.05) is 18.9 Å². The minimum Gasteiger partial charge on any atom is -0.379 e. The van der Waals surface area contributed by atoms with Crippen LogP contribution in [-0.2, 0) is 11.2 Å². The Kier molecular flexibility index (Phi) is 4.47. The minimum atomic E-state index is -0.197. The third-order valence-electron chi connectivity index (χ3n) is 4.00. The van der Waals surface area contributed by atoms with Gasteiger partial charge in [-0.3, -0.25) is 9.78 Å². The van der Waals surface area contributed by atoms with Crippen LogP contribution in [0.15, 0.2) is 30.7 Å². The van der Waals surface area contributed by atoms with Gasteiger partial charge < -0.3 is 15.8 Å². The van der Waals surface area contributed by atoms with Crippen molar-refractivity contribution in [1.82, 2.24) is 20.3 Å². The number of rotatable bonds is 4. The molecule has 120 valence electrons. The van der Waals surface area contributed by atoms with Crippen LogP contribution < -0.4 is 11.1 Å². The number of carbonyl (C=O) groups is 1. The molecule has 2 aromatic heterocycles. The zero-order valence-electron chi connectivity index (χ0n) is 12.9. The molecule has 3 heterocycles. The number of amides is 1. The lowest BCUT2D eigenvalue weighted by Crippen LogP contribution is -2.41. The van der Waals surface area contributed by atoms with Crippen molar-refractivity contribution in [3.8, 4) is 0 Å². The first-order valence-corrected chi connectivity index (χ1v) is 7.50. The highest BCUT2D eigenvalue weighted by atomic mass is 16.5. The molecular weight excluding hydrogens is 294 g/mol. The first kappa shape index (κ1) is 15.4. The Morgan fingerprint density at radius 1 is 1.39 bits per heavy atom. The van der Waals surface area contributed by atoms with Crippen molar-refractivity contribution in [1.29, 1.82) is 0 Å². The zero-order chi connectivity index (χ0) is 16.2. The highest BCUT2D eigenvalue weighted by Gasteiger charge is 2.30. The molecule has 1 fully saturated rings. The van der Waals surface area contributed by atoms with Gasteiger partial charge in [-0.1, -0.05) is 0 Å². The fourth-order valence-electron chi connectivity index (χ4n) is 2.74. The summed E-state index contributed by atoms with van der Waals surface area (Å²) in [5.41, 5.74) is 7.71. The number of pyridine rings is 1. The minimum absolute atomic E-state index is 0.0346. The molecule has 0 unspecified atom stereocenters. The molecule has 0 saturated carbocycles. The quantitative estimate of drug-likeness (QED) is 0.863. The summed E-state index contributed by atoms with van der Waals surface area (Å²) in [4.78, 5) is 24.4. The third kappa shape index (κ3) is 3.62. The Bertz CT molecular complexity index is 692. The van der Waals surface area contributed by atoms with E-state index in [2.05, 4.69) is 20.3 Å². The summed E-state index contributed by atoms with van der Waals surface area (Å²) in [7, 11) is 0. The molecule has 2 atom stereocenters. The molecule has 2 aromatic rings.